The second-order valence-electron chi connectivity index (χ2n) is 5.37. The zero-order chi connectivity index (χ0) is 13.6. The summed E-state index contributed by atoms with van der Waals surface area (Å²) in [7, 11) is 0. The Morgan fingerprint density at radius 2 is 1.84 bits per heavy atom. The largest absolute Gasteiger partial charge is 0.117 e. The van der Waals surface area contributed by atoms with Crippen molar-refractivity contribution in [1.82, 2.24) is 0 Å². The fraction of sp³-hybridized carbons (Fsp3) is 0.294. The summed E-state index contributed by atoms with van der Waals surface area (Å²) in [5, 5.41) is 0.852. The van der Waals surface area contributed by atoms with E-state index in [-0.39, 0.29) is 5.38 Å². The van der Waals surface area contributed by atoms with Gasteiger partial charge in [0.1, 0.15) is 0 Å². The van der Waals surface area contributed by atoms with Gasteiger partial charge >= 0.3 is 0 Å². The van der Waals surface area contributed by atoms with Gasteiger partial charge in [0.15, 0.2) is 0 Å². The number of halogens is 2. The smallest absolute Gasteiger partial charge is 0.0659 e. The topological polar surface area (TPSA) is 0 Å². The quantitative estimate of drug-likeness (QED) is 0.634. The standard InChI is InChI=1S/C17H16Cl2/c1-10-8-16(18)11(2)7-14(10)17(19)15-9-12-5-3-4-6-13(12)15/h3-8,15,17H,9H2,1-2H3. The average Bonchev–Trinajstić information content (AvgIpc) is 2.35. The van der Waals surface area contributed by atoms with Gasteiger partial charge in [0.2, 0.25) is 0 Å². The van der Waals surface area contributed by atoms with Crippen molar-refractivity contribution >= 4 is 23.2 Å². The lowest BCUT2D eigenvalue weighted by molar-refractivity contribution is 0.585. The summed E-state index contributed by atoms with van der Waals surface area (Å²) in [5.74, 6) is 0.428. The van der Waals surface area contributed by atoms with Crippen LogP contribution in [0.25, 0.3) is 0 Å². The Kier molecular flexibility index (Phi) is 3.32. The SMILES string of the molecule is Cc1cc(C(Cl)C2Cc3ccccc32)c(C)cc1Cl. The van der Waals surface area contributed by atoms with Gasteiger partial charge in [-0.3, -0.25) is 0 Å². The van der Waals surface area contributed by atoms with Crippen LogP contribution in [-0.2, 0) is 6.42 Å². The van der Waals surface area contributed by atoms with Crippen molar-refractivity contribution in [3.05, 3.63) is 69.2 Å². The number of benzene rings is 2. The molecule has 1 aliphatic rings. The van der Waals surface area contributed by atoms with Crippen molar-refractivity contribution in [3.8, 4) is 0 Å². The van der Waals surface area contributed by atoms with E-state index < -0.39 is 0 Å². The zero-order valence-corrected chi connectivity index (χ0v) is 12.6. The molecular weight excluding hydrogens is 275 g/mol. The molecule has 0 N–H and O–H groups in total. The molecule has 0 nitrogen and oxygen atoms in total. The molecule has 0 radical (unpaired) electrons. The van der Waals surface area contributed by atoms with E-state index in [1.165, 1.54) is 22.3 Å². The van der Waals surface area contributed by atoms with Crippen molar-refractivity contribution in [1.29, 1.82) is 0 Å². The van der Waals surface area contributed by atoms with Crippen molar-refractivity contribution in [2.24, 2.45) is 0 Å². The Bertz CT molecular complexity index is 631. The van der Waals surface area contributed by atoms with E-state index in [1.54, 1.807) is 0 Å². The van der Waals surface area contributed by atoms with Crippen LogP contribution in [0, 0.1) is 13.8 Å². The van der Waals surface area contributed by atoms with E-state index in [0.29, 0.717) is 5.92 Å². The number of alkyl halides is 1. The number of aryl methyl sites for hydroxylation is 2. The summed E-state index contributed by atoms with van der Waals surface area (Å²) in [5.41, 5.74) is 6.32. The molecule has 98 valence electrons. The Balaban J connectivity index is 1.94. The van der Waals surface area contributed by atoms with E-state index in [9.17, 15) is 0 Å². The molecule has 0 saturated heterocycles. The molecule has 2 aromatic carbocycles. The van der Waals surface area contributed by atoms with Gasteiger partial charge in [-0.1, -0.05) is 41.9 Å². The van der Waals surface area contributed by atoms with E-state index in [4.69, 9.17) is 23.2 Å². The van der Waals surface area contributed by atoms with Crippen LogP contribution in [0.3, 0.4) is 0 Å². The van der Waals surface area contributed by atoms with Gasteiger partial charge in [-0.2, -0.15) is 0 Å². The fourth-order valence-corrected chi connectivity index (χ4v) is 3.55. The van der Waals surface area contributed by atoms with Crippen LogP contribution < -0.4 is 0 Å². The molecule has 0 aliphatic heterocycles. The van der Waals surface area contributed by atoms with Gasteiger partial charge < -0.3 is 0 Å². The lowest BCUT2D eigenvalue weighted by Crippen LogP contribution is -2.21. The predicted octanol–water partition coefficient (Wildman–Crippen LogP) is 5.58. The summed E-state index contributed by atoms with van der Waals surface area (Å²) in [6, 6.07) is 12.7. The number of hydrogen-bond donors (Lipinski definition) is 0. The molecule has 0 amide bonds. The molecule has 2 unspecified atom stereocenters. The highest BCUT2D eigenvalue weighted by Crippen LogP contribution is 2.47. The lowest BCUT2D eigenvalue weighted by atomic mass is 9.73. The molecule has 0 bridgehead atoms. The molecule has 1 aliphatic carbocycles. The first-order valence-corrected chi connectivity index (χ1v) is 7.38. The van der Waals surface area contributed by atoms with Crippen molar-refractivity contribution in [2.45, 2.75) is 31.6 Å². The summed E-state index contributed by atoms with van der Waals surface area (Å²) in [4.78, 5) is 0. The first-order valence-electron chi connectivity index (χ1n) is 6.56. The molecule has 19 heavy (non-hydrogen) atoms. The van der Waals surface area contributed by atoms with Crippen LogP contribution in [0.5, 0.6) is 0 Å². The van der Waals surface area contributed by atoms with Gasteiger partial charge in [0, 0.05) is 10.9 Å². The van der Waals surface area contributed by atoms with Gasteiger partial charge in [-0.25, -0.2) is 0 Å². The van der Waals surface area contributed by atoms with E-state index >= 15 is 0 Å². The van der Waals surface area contributed by atoms with Crippen molar-refractivity contribution < 1.29 is 0 Å². The molecule has 3 rings (SSSR count). The van der Waals surface area contributed by atoms with Gasteiger partial charge in [0.25, 0.3) is 0 Å². The minimum absolute atomic E-state index is 0.0332. The summed E-state index contributed by atoms with van der Waals surface area (Å²) in [6.45, 7) is 4.12. The number of hydrogen-bond acceptors (Lipinski definition) is 0. The highest BCUT2D eigenvalue weighted by molar-refractivity contribution is 6.31. The van der Waals surface area contributed by atoms with Gasteiger partial charge in [0.05, 0.1) is 5.38 Å². The first kappa shape index (κ1) is 13.0. The molecule has 0 fully saturated rings. The maximum atomic E-state index is 6.72. The van der Waals surface area contributed by atoms with Crippen molar-refractivity contribution in [3.63, 3.8) is 0 Å². The second-order valence-corrected chi connectivity index (χ2v) is 6.25. The normalized spacial score (nSPS) is 18.6. The van der Waals surface area contributed by atoms with E-state index in [0.717, 1.165) is 17.0 Å². The number of fused-ring (bicyclic) bond motifs is 1. The lowest BCUT2D eigenvalue weighted by Gasteiger charge is -2.34. The highest BCUT2D eigenvalue weighted by atomic mass is 35.5. The van der Waals surface area contributed by atoms with Crippen LogP contribution in [0.1, 0.15) is 39.1 Å². The zero-order valence-electron chi connectivity index (χ0n) is 11.1. The van der Waals surface area contributed by atoms with E-state index in [2.05, 4.69) is 37.3 Å². The maximum absolute atomic E-state index is 6.72. The van der Waals surface area contributed by atoms with Crippen LogP contribution in [0.15, 0.2) is 36.4 Å². The maximum Gasteiger partial charge on any atom is 0.0659 e. The average molecular weight is 291 g/mol. The molecule has 0 heterocycles. The van der Waals surface area contributed by atoms with Crippen LogP contribution in [0.2, 0.25) is 5.02 Å². The monoisotopic (exact) mass is 290 g/mol. The first-order chi connectivity index (χ1) is 9.08. The minimum Gasteiger partial charge on any atom is -0.117 e. The van der Waals surface area contributed by atoms with Crippen molar-refractivity contribution in [2.75, 3.05) is 0 Å². The van der Waals surface area contributed by atoms with Crippen LogP contribution >= 0.6 is 23.2 Å². The Labute approximate surface area is 124 Å². The van der Waals surface area contributed by atoms with Crippen LogP contribution in [0.4, 0.5) is 0 Å². The minimum atomic E-state index is 0.0332. The predicted molar refractivity (Wildman–Crippen MR) is 82.4 cm³/mol. The van der Waals surface area contributed by atoms with Crippen LogP contribution in [-0.4, -0.2) is 0 Å². The highest BCUT2D eigenvalue weighted by Gasteiger charge is 2.33. The molecular formula is C17H16Cl2. The third-order valence-electron chi connectivity index (χ3n) is 4.09. The molecule has 2 heteroatoms. The Morgan fingerprint density at radius 3 is 2.58 bits per heavy atom. The van der Waals surface area contributed by atoms with Gasteiger partial charge in [-0.05, 0) is 54.2 Å². The summed E-state index contributed by atoms with van der Waals surface area (Å²) in [6.07, 6.45) is 1.07. The Hall–Kier alpha value is -0.980. The molecule has 0 saturated carbocycles. The molecule has 2 atom stereocenters. The molecule has 2 aromatic rings. The van der Waals surface area contributed by atoms with Gasteiger partial charge in [-0.15, -0.1) is 11.6 Å². The second kappa shape index (κ2) is 4.85. The summed E-state index contributed by atoms with van der Waals surface area (Å²) >= 11 is 12.9. The molecule has 0 spiro atoms. The number of rotatable bonds is 2. The Morgan fingerprint density at radius 1 is 1.11 bits per heavy atom. The molecule has 0 aromatic heterocycles. The summed E-state index contributed by atoms with van der Waals surface area (Å²) < 4.78 is 0. The fourth-order valence-electron chi connectivity index (χ4n) is 2.88. The van der Waals surface area contributed by atoms with E-state index in [1.807, 2.05) is 13.0 Å². The third kappa shape index (κ3) is 2.17. The third-order valence-corrected chi connectivity index (χ3v) is 5.04.